The fourth-order valence-corrected chi connectivity index (χ4v) is 5.77. The first-order valence-electron chi connectivity index (χ1n) is 14.3. The van der Waals surface area contributed by atoms with Gasteiger partial charge in [-0.15, -0.1) is 0 Å². The molecule has 0 spiro atoms. The molecule has 1 aliphatic carbocycles. The monoisotopic (exact) mass is 543 g/mol. The summed E-state index contributed by atoms with van der Waals surface area (Å²) in [5.74, 6) is -0.388. The number of nitrogens with two attached hydrogens (primary N) is 1. The molecule has 11 nitrogen and oxygen atoms in total. The third kappa shape index (κ3) is 6.98. The number of amides is 1. The van der Waals surface area contributed by atoms with E-state index in [-0.39, 0.29) is 17.7 Å². The van der Waals surface area contributed by atoms with E-state index in [9.17, 15) is 9.18 Å². The van der Waals surface area contributed by atoms with E-state index < -0.39 is 11.7 Å². The van der Waals surface area contributed by atoms with Gasteiger partial charge < -0.3 is 20.3 Å². The van der Waals surface area contributed by atoms with Crippen LogP contribution in [0.5, 0.6) is 5.75 Å². The van der Waals surface area contributed by atoms with Crippen LogP contribution >= 0.6 is 0 Å². The van der Waals surface area contributed by atoms with Crippen LogP contribution in [0.25, 0.3) is 0 Å². The summed E-state index contributed by atoms with van der Waals surface area (Å²) in [4.78, 5) is 28.6. The summed E-state index contributed by atoms with van der Waals surface area (Å²) in [6.07, 6.45) is 9.08. The van der Waals surface area contributed by atoms with E-state index in [4.69, 9.17) is 20.5 Å². The van der Waals surface area contributed by atoms with Crippen LogP contribution in [0, 0.1) is 5.82 Å². The predicted octanol–water partition coefficient (Wildman–Crippen LogP) is 1.68. The lowest BCUT2D eigenvalue weighted by Crippen LogP contribution is -2.74. The standard InChI is InChI=1S/C27H42FN9O2/c1-39-23-11-10-21(18-22(23)28)31-26-32-25(30-20-8-4-2-3-5-9-20)33-27(29,34-26)37-16-14-35(15-17-37)19-24(38)36-12-6-7-13-36/h10-11,18,20H,2-9,12-17,19,29H2,1H3,(H3,30,31,32,33,34). The number of hydrogen-bond acceptors (Lipinski definition) is 8. The number of nitrogens with zero attached hydrogens (tertiary/aromatic N) is 5. The van der Waals surface area contributed by atoms with Crippen molar-refractivity contribution in [3.8, 4) is 5.75 Å². The maximum atomic E-state index is 14.4. The summed E-state index contributed by atoms with van der Waals surface area (Å²) in [7, 11) is 1.44. The highest BCUT2D eigenvalue weighted by Gasteiger charge is 2.39. The minimum atomic E-state index is -1.24. The largest absolute Gasteiger partial charge is 0.494 e. The van der Waals surface area contributed by atoms with Gasteiger partial charge in [-0.05, 0) is 37.8 Å². The van der Waals surface area contributed by atoms with Crippen molar-refractivity contribution in [2.75, 3.05) is 58.2 Å². The van der Waals surface area contributed by atoms with E-state index in [0.717, 1.165) is 51.6 Å². The highest BCUT2D eigenvalue weighted by Crippen LogP contribution is 2.23. The molecule has 1 aromatic rings. The second-order valence-corrected chi connectivity index (χ2v) is 10.9. The molecule has 1 unspecified atom stereocenters. The third-order valence-electron chi connectivity index (χ3n) is 8.04. The zero-order valence-corrected chi connectivity index (χ0v) is 22.9. The number of nitrogens with one attached hydrogen (secondary N) is 3. The highest BCUT2D eigenvalue weighted by molar-refractivity contribution is 6.07. The van der Waals surface area contributed by atoms with Crippen molar-refractivity contribution in [2.24, 2.45) is 15.7 Å². The Labute approximate surface area is 230 Å². The molecule has 0 aromatic heterocycles. The van der Waals surface area contributed by atoms with Crippen molar-refractivity contribution >= 4 is 23.5 Å². The summed E-state index contributed by atoms with van der Waals surface area (Å²) in [6.45, 7) is 4.88. The molecule has 3 heterocycles. The molecule has 0 bridgehead atoms. The van der Waals surface area contributed by atoms with Gasteiger partial charge in [-0.25, -0.2) is 14.3 Å². The number of carbonyl (C=O) groups excluding carboxylic acids is 1. The number of carbonyl (C=O) groups is 1. The minimum Gasteiger partial charge on any atom is -0.494 e. The van der Waals surface area contributed by atoms with Crippen molar-refractivity contribution < 1.29 is 13.9 Å². The molecule has 2 saturated heterocycles. The van der Waals surface area contributed by atoms with Crippen LogP contribution in [-0.4, -0.2) is 97.4 Å². The van der Waals surface area contributed by atoms with Gasteiger partial charge in [0, 0.05) is 51.0 Å². The molecule has 4 aliphatic rings. The smallest absolute Gasteiger partial charge is 0.250 e. The van der Waals surface area contributed by atoms with Crippen LogP contribution in [0.15, 0.2) is 28.2 Å². The van der Waals surface area contributed by atoms with E-state index in [1.165, 1.54) is 26.0 Å². The molecule has 5 rings (SSSR count). The Kier molecular flexibility index (Phi) is 8.83. The molecule has 0 radical (unpaired) electrons. The van der Waals surface area contributed by atoms with Crippen LogP contribution < -0.4 is 26.4 Å². The van der Waals surface area contributed by atoms with Crippen molar-refractivity contribution in [3.63, 3.8) is 0 Å². The molecule has 1 amide bonds. The molecule has 3 aliphatic heterocycles. The van der Waals surface area contributed by atoms with E-state index >= 15 is 0 Å². The van der Waals surface area contributed by atoms with Gasteiger partial charge in [0.1, 0.15) is 0 Å². The number of anilines is 1. The topological polar surface area (TPSA) is 123 Å². The zero-order valence-electron chi connectivity index (χ0n) is 22.9. The molecule has 214 valence electrons. The number of halogens is 1. The van der Waals surface area contributed by atoms with E-state index in [0.29, 0.717) is 50.3 Å². The van der Waals surface area contributed by atoms with Gasteiger partial charge in [0.05, 0.1) is 19.7 Å². The van der Waals surface area contributed by atoms with Gasteiger partial charge in [-0.2, -0.15) is 4.99 Å². The minimum absolute atomic E-state index is 0.172. The van der Waals surface area contributed by atoms with Crippen molar-refractivity contribution in [1.82, 2.24) is 25.3 Å². The Morgan fingerprint density at radius 3 is 2.51 bits per heavy atom. The Morgan fingerprint density at radius 2 is 1.85 bits per heavy atom. The first-order chi connectivity index (χ1) is 18.9. The molecule has 5 N–H and O–H groups in total. The number of guanidine groups is 2. The van der Waals surface area contributed by atoms with Crippen LogP contribution in [0.1, 0.15) is 51.4 Å². The maximum absolute atomic E-state index is 14.4. The number of hydrogen-bond donors (Lipinski definition) is 4. The second-order valence-electron chi connectivity index (χ2n) is 10.9. The fraction of sp³-hybridized carbons (Fsp3) is 0.667. The van der Waals surface area contributed by atoms with Crippen LogP contribution in [0.2, 0.25) is 0 Å². The van der Waals surface area contributed by atoms with Crippen molar-refractivity contribution in [1.29, 1.82) is 0 Å². The molecule has 1 saturated carbocycles. The number of piperazine rings is 1. The lowest BCUT2D eigenvalue weighted by Gasteiger charge is -2.45. The Bertz CT molecular complexity index is 1060. The Hall–Kier alpha value is -2.96. The zero-order chi connectivity index (χ0) is 27.2. The third-order valence-corrected chi connectivity index (χ3v) is 8.04. The van der Waals surface area contributed by atoms with Gasteiger partial charge in [-0.1, -0.05) is 25.7 Å². The summed E-state index contributed by atoms with van der Waals surface area (Å²) in [5, 5.41) is 9.74. The summed E-state index contributed by atoms with van der Waals surface area (Å²) in [6, 6.07) is 4.86. The maximum Gasteiger partial charge on any atom is 0.250 e. The number of methoxy groups -OCH3 is 1. The van der Waals surface area contributed by atoms with Crippen LogP contribution in [-0.2, 0) is 4.79 Å². The Balaban J connectivity index is 1.30. The van der Waals surface area contributed by atoms with E-state index in [1.807, 2.05) is 4.90 Å². The van der Waals surface area contributed by atoms with Gasteiger partial charge in [0.15, 0.2) is 11.6 Å². The molecule has 3 fully saturated rings. The Morgan fingerprint density at radius 1 is 1.13 bits per heavy atom. The average molecular weight is 544 g/mol. The first kappa shape index (κ1) is 27.6. The molecule has 12 heteroatoms. The number of likely N-dealkylation sites (tertiary alicyclic amines) is 1. The summed E-state index contributed by atoms with van der Waals surface area (Å²) in [5.41, 5.74) is 7.42. The number of aliphatic imine (C=N–C) groups is 2. The SMILES string of the molecule is COc1ccc(NC2=NC(N)(N3CCN(CC(=O)N4CCCC4)CC3)NC(=NC3CCCCCC3)N2)cc1F. The quantitative estimate of drug-likeness (QED) is 0.400. The fourth-order valence-electron chi connectivity index (χ4n) is 5.77. The van der Waals surface area contributed by atoms with Crippen LogP contribution in [0.3, 0.4) is 0 Å². The van der Waals surface area contributed by atoms with Gasteiger partial charge in [0.2, 0.25) is 23.7 Å². The highest BCUT2D eigenvalue weighted by atomic mass is 19.1. The lowest BCUT2D eigenvalue weighted by atomic mass is 10.1. The number of ether oxygens (including phenoxy) is 1. The molecular formula is C27H42FN9O2. The normalized spacial score (nSPS) is 26.5. The predicted molar refractivity (Wildman–Crippen MR) is 150 cm³/mol. The van der Waals surface area contributed by atoms with Crippen LogP contribution in [0.4, 0.5) is 10.1 Å². The summed E-state index contributed by atoms with van der Waals surface area (Å²) >= 11 is 0. The number of benzene rings is 1. The average Bonchev–Trinajstić information content (AvgIpc) is 3.35. The molecular weight excluding hydrogens is 501 g/mol. The second kappa shape index (κ2) is 12.5. The van der Waals surface area contributed by atoms with E-state index in [1.54, 1.807) is 12.1 Å². The molecule has 1 atom stereocenters. The van der Waals surface area contributed by atoms with Crippen molar-refractivity contribution in [3.05, 3.63) is 24.0 Å². The van der Waals surface area contributed by atoms with E-state index in [2.05, 4.69) is 25.8 Å². The molecule has 39 heavy (non-hydrogen) atoms. The summed E-state index contributed by atoms with van der Waals surface area (Å²) < 4.78 is 19.4. The first-order valence-corrected chi connectivity index (χ1v) is 14.3. The number of rotatable bonds is 6. The van der Waals surface area contributed by atoms with Gasteiger partial charge in [0.25, 0.3) is 0 Å². The lowest BCUT2D eigenvalue weighted by molar-refractivity contribution is -0.132. The van der Waals surface area contributed by atoms with Gasteiger partial charge >= 0.3 is 0 Å². The van der Waals surface area contributed by atoms with Gasteiger partial charge in [-0.3, -0.25) is 20.7 Å². The van der Waals surface area contributed by atoms with Crippen molar-refractivity contribution in [2.45, 2.75) is 63.3 Å². The molecule has 1 aromatic carbocycles.